The second kappa shape index (κ2) is 10.8. The van der Waals surface area contributed by atoms with E-state index in [4.69, 9.17) is 5.11 Å². The lowest BCUT2D eigenvalue weighted by atomic mass is 9.96. The average molecular weight is 439 g/mol. The summed E-state index contributed by atoms with van der Waals surface area (Å²) in [6, 6.07) is 19.5. The molecule has 0 aliphatic heterocycles. The molecule has 1 aliphatic carbocycles. The normalized spacial score (nSPS) is 18.1. The quantitative estimate of drug-likeness (QED) is 0.412. The zero-order valence-corrected chi connectivity index (χ0v) is 19.3. The minimum Gasteiger partial charge on any atom is -0.481 e. The van der Waals surface area contributed by atoms with Gasteiger partial charge in [-0.05, 0) is 65.3 Å². The summed E-state index contributed by atoms with van der Waals surface area (Å²) in [5, 5.41) is 10.4. The van der Waals surface area contributed by atoms with Gasteiger partial charge in [0.25, 0.3) is 0 Å². The van der Waals surface area contributed by atoms with E-state index < -0.39 is 5.97 Å². The number of thioether (sulfide) groups is 1. The summed E-state index contributed by atoms with van der Waals surface area (Å²) in [6.45, 7) is 6.57. The van der Waals surface area contributed by atoms with Gasteiger partial charge < -0.3 is 5.11 Å². The van der Waals surface area contributed by atoms with Crippen molar-refractivity contribution in [1.82, 2.24) is 0 Å². The zero-order valence-electron chi connectivity index (χ0n) is 18.5. The highest BCUT2D eigenvalue weighted by Gasteiger charge is 2.22. The molecular formula is C27H31FO2S. The first-order valence-electron chi connectivity index (χ1n) is 11.0. The molecule has 31 heavy (non-hydrogen) atoms. The Morgan fingerprint density at radius 1 is 1.03 bits per heavy atom. The minimum absolute atomic E-state index is 0.134. The number of hydrogen-bond donors (Lipinski definition) is 1. The van der Waals surface area contributed by atoms with Crippen LogP contribution in [0.25, 0.3) is 10.8 Å². The van der Waals surface area contributed by atoms with Crippen molar-refractivity contribution in [3.63, 3.8) is 0 Å². The Hall–Kier alpha value is -2.33. The Kier molecular flexibility index (Phi) is 8.14. The molecule has 0 bridgehead atoms. The number of halogens is 1. The van der Waals surface area contributed by atoms with E-state index in [2.05, 4.69) is 32.9 Å². The summed E-state index contributed by atoms with van der Waals surface area (Å²) in [7, 11) is 0. The van der Waals surface area contributed by atoms with Crippen LogP contribution < -0.4 is 0 Å². The average Bonchev–Trinajstić information content (AvgIpc) is 3.19. The molecule has 3 aromatic rings. The molecule has 0 unspecified atom stereocenters. The van der Waals surface area contributed by atoms with Gasteiger partial charge in [0.15, 0.2) is 0 Å². The molecule has 1 N–H and O–H groups in total. The lowest BCUT2D eigenvalue weighted by Gasteiger charge is -2.10. The summed E-state index contributed by atoms with van der Waals surface area (Å²) in [6.07, 6.45) is 3.92. The van der Waals surface area contributed by atoms with E-state index in [1.807, 2.05) is 42.5 Å². The number of carbonyl (C=O) groups is 1. The molecule has 0 aromatic heterocycles. The third-order valence-electron chi connectivity index (χ3n) is 5.94. The van der Waals surface area contributed by atoms with Crippen molar-refractivity contribution in [1.29, 1.82) is 0 Å². The Morgan fingerprint density at radius 3 is 2.29 bits per heavy atom. The van der Waals surface area contributed by atoms with Crippen LogP contribution in [-0.2, 0) is 4.79 Å². The molecule has 0 amide bonds. The van der Waals surface area contributed by atoms with Crippen molar-refractivity contribution < 1.29 is 14.3 Å². The molecule has 4 rings (SSSR count). The van der Waals surface area contributed by atoms with Gasteiger partial charge in [-0.2, -0.15) is 0 Å². The molecule has 0 heterocycles. The number of fused-ring (bicyclic) bond motifs is 1. The third-order valence-corrected chi connectivity index (χ3v) is 6.93. The SMILES string of the molecule is CC(C)c1ccc(F)c2ccccc12.C[C@H]1CC[C@@H](c2ccc(SCC(=O)O)cc2)C1. The number of rotatable bonds is 5. The Morgan fingerprint density at radius 2 is 1.71 bits per heavy atom. The van der Waals surface area contributed by atoms with Gasteiger partial charge in [0.2, 0.25) is 0 Å². The van der Waals surface area contributed by atoms with Crippen molar-refractivity contribution in [2.75, 3.05) is 5.75 Å². The number of hydrogen-bond acceptors (Lipinski definition) is 2. The van der Waals surface area contributed by atoms with Gasteiger partial charge >= 0.3 is 5.97 Å². The van der Waals surface area contributed by atoms with E-state index in [1.54, 1.807) is 6.07 Å². The van der Waals surface area contributed by atoms with Crippen LogP contribution in [0.2, 0.25) is 0 Å². The smallest absolute Gasteiger partial charge is 0.313 e. The standard InChI is InChI=1S/C14H18O2S.C13H13F/c1-10-2-3-12(8-10)11-4-6-13(7-5-11)17-9-14(15)16;1-9(2)10-7-8-13(14)12-6-4-3-5-11(10)12/h4-7,10,12H,2-3,8-9H2,1H3,(H,15,16);3-9H,1-2H3/t10-,12+;/m0./s1. The van der Waals surface area contributed by atoms with Gasteiger partial charge in [-0.3, -0.25) is 4.79 Å². The van der Waals surface area contributed by atoms with Gasteiger partial charge in [0.05, 0.1) is 5.75 Å². The highest BCUT2D eigenvalue weighted by Crippen LogP contribution is 2.38. The van der Waals surface area contributed by atoms with Gasteiger partial charge in [0.1, 0.15) is 5.82 Å². The first-order chi connectivity index (χ1) is 14.8. The summed E-state index contributed by atoms with van der Waals surface area (Å²) in [4.78, 5) is 11.5. The number of carboxylic acid groups (broad SMARTS) is 1. The monoisotopic (exact) mass is 438 g/mol. The van der Waals surface area contributed by atoms with E-state index in [0.717, 1.165) is 21.6 Å². The largest absolute Gasteiger partial charge is 0.481 e. The Balaban J connectivity index is 0.000000179. The third kappa shape index (κ3) is 6.33. The molecule has 0 spiro atoms. The topological polar surface area (TPSA) is 37.3 Å². The maximum absolute atomic E-state index is 13.4. The van der Waals surface area contributed by atoms with Crippen LogP contribution in [0.3, 0.4) is 0 Å². The van der Waals surface area contributed by atoms with Crippen molar-refractivity contribution in [3.05, 3.63) is 77.6 Å². The fourth-order valence-corrected chi connectivity index (χ4v) is 4.90. The van der Waals surface area contributed by atoms with Crippen LogP contribution in [0.4, 0.5) is 4.39 Å². The van der Waals surface area contributed by atoms with Gasteiger partial charge in [-0.15, -0.1) is 11.8 Å². The zero-order chi connectivity index (χ0) is 22.4. The van der Waals surface area contributed by atoms with Crippen LogP contribution >= 0.6 is 11.8 Å². The summed E-state index contributed by atoms with van der Waals surface area (Å²) in [5.41, 5.74) is 2.62. The van der Waals surface area contributed by atoms with E-state index in [0.29, 0.717) is 11.8 Å². The molecule has 0 saturated heterocycles. The molecule has 2 atom stereocenters. The molecule has 2 nitrogen and oxygen atoms in total. The number of aliphatic carboxylic acids is 1. The highest BCUT2D eigenvalue weighted by molar-refractivity contribution is 8.00. The minimum atomic E-state index is -0.760. The van der Waals surface area contributed by atoms with Crippen LogP contribution in [0, 0.1) is 11.7 Å². The van der Waals surface area contributed by atoms with Crippen molar-refractivity contribution >= 4 is 28.5 Å². The summed E-state index contributed by atoms with van der Waals surface area (Å²) in [5.74, 6) is 1.23. The summed E-state index contributed by atoms with van der Waals surface area (Å²) < 4.78 is 13.4. The van der Waals surface area contributed by atoms with E-state index in [-0.39, 0.29) is 11.6 Å². The molecule has 3 aromatic carbocycles. The van der Waals surface area contributed by atoms with Crippen LogP contribution in [0.1, 0.15) is 63.0 Å². The van der Waals surface area contributed by atoms with Gasteiger partial charge in [-0.25, -0.2) is 4.39 Å². The first kappa shape index (κ1) is 23.3. The Labute approximate surface area is 188 Å². The molecule has 164 valence electrons. The van der Waals surface area contributed by atoms with Crippen molar-refractivity contribution in [3.8, 4) is 0 Å². The van der Waals surface area contributed by atoms with E-state index in [1.165, 1.54) is 42.2 Å². The molecule has 4 heteroatoms. The maximum Gasteiger partial charge on any atom is 0.313 e. The van der Waals surface area contributed by atoms with Crippen molar-refractivity contribution in [2.45, 2.75) is 56.8 Å². The van der Waals surface area contributed by atoms with Crippen LogP contribution in [-0.4, -0.2) is 16.8 Å². The summed E-state index contributed by atoms with van der Waals surface area (Å²) >= 11 is 1.38. The predicted molar refractivity (Wildman–Crippen MR) is 129 cm³/mol. The molecular weight excluding hydrogens is 407 g/mol. The molecule has 0 radical (unpaired) electrons. The van der Waals surface area contributed by atoms with Gasteiger partial charge in [-0.1, -0.05) is 69.7 Å². The Bertz CT molecular complexity index is 1010. The van der Waals surface area contributed by atoms with Crippen molar-refractivity contribution in [2.24, 2.45) is 5.92 Å². The van der Waals surface area contributed by atoms with Crippen LogP contribution in [0.5, 0.6) is 0 Å². The molecule has 1 fully saturated rings. The predicted octanol–water partition coefficient (Wildman–Crippen LogP) is 7.87. The number of benzene rings is 3. The molecule has 1 saturated carbocycles. The van der Waals surface area contributed by atoms with Crippen LogP contribution in [0.15, 0.2) is 65.6 Å². The maximum atomic E-state index is 13.4. The fourth-order valence-electron chi connectivity index (χ4n) is 4.28. The molecule has 1 aliphatic rings. The second-order valence-electron chi connectivity index (χ2n) is 8.70. The highest BCUT2D eigenvalue weighted by atomic mass is 32.2. The first-order valence-corrected chi connectivity index (χ1v) is 12.0. The number of carboxylic acids is 1. The lowest BCUT2D eigenvalue weighted by Crippen LogP contribution is -1.97. The van der Waals surface area contributed by atoms with E-state index >= 15 is 0 Å². The fraction of sp³-hybridized carbons (Fsp3) is 0.370. The second-order valence-corrected chi connectivity index (χ2v) is 9.75. The lowest BCUT2D eigenvalue weighted by molar-refractivity contribution is -0.133. The van der Waals surface area contributed by atoms with E-state index in [9.17, 15) is 9.18 Å². The van der Waals surface area contributed by atoms with Gasteiger partial charge in [0, 0.05) is 10.3 Å².